The van der Waals surface area contributed by atoms with E-state index in [2.05, 4.69) is 17.6 Å². The third-order valence-electron chi connectivity index (χ3n) is 9.30. The van der Waals surface area contributed by atoms with E-state index in [0.717, 1.165) is 38.5 Å². The summed E-state index contributed by atoms with van der Waals surface area (Å²) in [5, 5.41) is 15.5. The SMILES string of the molecule is CC(C)CN([C@@H](CCCCNC(=O)[C@H](CC1CCCCC1)NC(=O)N1CCOCC1)C(=O)O)S(=O)(=O)C1CCC(C)CC1. The van der Waals surface area contributed by atoms with E-state index in [9.17, 15) is 27.9 Å². The van der Waals surface area contributed by atoms with E-state index in [1.807, 2.05) is 13.8 Å². The second-order valence-corrected chi connectivity index (χ2v) is 15.5. The Morgan fingerprint density at radius 3 is 2.23 bits per heavy atom. The molecule has 2 saturated carbocycles. The highest BCUT2D eigenvalue weighted by atomic mass is 32.2. The number of hydrogen-bond donors (Lipinski definition) is 3. The zero-order chi connectivity index (χ0) is 31.4. The van der Waals surface area contributed by atoms with Gasteiger partial charge in [0.2, 0.25) is 15.9 Å². The summed E-state index contributed by atoms with van der Waals surface area (Å²) in [6.45, 7) is 8.41. The van der Waals surface area contributed by atoms with Gasteiger partial charge in [-0.2, -0.15) is 4.31 Å². The number of carboxylic acid groups (broad SMARTS) is 1. The molecule has 0 bridgehead atoms. The van der Waals surface area contributed by atoms with Gasteiger partial charge in [0.05, 0.1) is 18.5 Å². The average Bonchev–Trinajstić information content (AvgIpc) is 2.98. The molecule has 0 spiro atoms. The summed E-state index contributed by atoms with van der Waals surface area (Å²) < 4.78 is 33.9. The van der Waals surface area contributed by atoms with Crippen LogP contribution < -0.4 is 10.6 Å². The fourth-order valence-corrected chi connectivity index (χ4v) is 8.98. The first kappa shape index (κ1) is 35.6. The summed E-state index contributed by atoms with van der Waals surface area (Å²) in [5.74, 6) is -0.474. The van der Waals surface area contributed by atoms with Crippen molar-refractivity contribution in [3.63, 3.8) is 0 Å². The van der Waals surface area contributed by atoms with Crippen LogP contribution in [-0.4, -0.2) is 97.4 Å². The Labute approximate surface area is 258 Å². The maximum absolute atomic E-state index is 13.7. The van der Waals surface area contributed by atoms with Crippen molar-refractivity contribution < 1.29 is 32.6 Å². The Morgan fingerprint density at radius 1 is 0.977 bits per heavy atom. The quantitative estimate of drug-likeness (QED) is 0.233. The number of aliphatic carboxylic acids is 1. The highest BCUT2D eigenvalue weighted by Gasteiger charge is 2.40. The number of urea groups is 1. The number of nitrogens with one attached hydrogen (secondary N) is 2. The summed E-state index contributed by atoms with van der Waals surface area (Å²) >= 11 is 0. The Kier molecular flexibility index (Phi) is 14.5. The standard InChI is InChI=1S/C31H56N4O7S/c1-23(2)22-35(43(40,41)26-14-12-24(3)13-15-26)28(30(37)38)11-7-8-16-32-29(36)27(21-25-9-5-4-6-10-25)33-31(39)34-17-19-42-20-18-34/h23-28H,4-22H2,1-3H3,(H,32,36)(H,33,39)(H,37,38)/t24?,26?,27-,28-/m0/s1. The van der Waals surface area contributed by atoms with Gasteiger partial charge in [0.15, 0.2) is 0 Å². The number of nitrogens with zero attached hydrogens (tertiary/aromatic N) is 2. The maximum atomic E-state index is 13.7. The molecule has 11 nitrogen and oxygen atoms in total. The number of sulfonamides is 1. The van der Waals surface area contributed by atoms with Gasteiger partial charge in [-0.05, 0) is 69.1 Å². The molecule has 0 unspecified atom stereocenters. The van der Waals surface area contributed by atoms with Crippen LogP contribution in [-0.2, 0) is 24.3 Å². The normalized spacial score (nSPS) is 23.6. The molecule has 1 heterocycles. The number of carbonyl (C=O) groups is 3. The van der Waals surface area contributed by atoms with Gasteiger partial charge in [-0.1, -0.05) is 52.9 Å². The molecule has 0 aromatic carbocycles. The molecule has 3 amide bonds. The molecule has 43 heavy (non-hydrogen) atoms. The van der Waals surface area contributed by atoms with Crippen LogP contribution in [0.15, 0.2) is 0 Å². The molecule has 0 radical (unpaired) electrons. The number of carboxylic acids is 1. The summed E-state index contributed by atoms with van der Waals surface area (Å²) in [6.07, 6.45) is 10.2. The lowest BCUT2D eigenvalue weighted by atomic mass is 9.84. The molecule has 2 atom stereocenters. The molecule has 1 saturated heterocycles. The van der Waals surface area contributed by atoms with Crippen molar-refractivity contribution in [1.82, 2.24) is 19.8 Å². The Morgan fingerprint density at radius 2 is 1.63 bits per heavy atom. The van der Waals surface area contributed by atoms with E-state index in [1.165, 1.54) is 10.7 Å². The van der Waals surface area contributed by atoms with Crippen molar-refractivity contribution in [1.29, 1.82) is 0 Å². The van der Waals surface area contributed by atoms with Crippen molar-refractivity contribution in [2.75, 3.05) is 39.4 Å². The average molecular weight is 629 g/mol. The number of morpholine rings is 1. The number of carbonyl (C=O) groups excluding carboxylic acids is 2. The van der Waals surface area contributed by atoms with E-state index >= 15 is 0 Å². The van der Waals surface area contributed by atoms with Gasteiger partial charge in [-0.15, -0.1) is 0 Å². The van der Waals surface area contributed by atoms with E-state index in [4.69, 9.17) is 4.74 Å². The minimum absolute atomic E-state index is 0.00722. The molecular weight excluding hydrogens is 572 g/mol. The van der Waals surface area contributed by atoms with Crippen molar-refractivity contribution in [2.24, 2.45) is 17.8 Å². The largest absolute Gasteiger partial charge is 0.480 e. The molecule has 0 aromatic rings. The molecule has 12 heteroatoms. The van der Waals surface area contributed by atoms with Gasteiger partial charge in [0, 0.05) is 26.2 Å². The van der Waals surface area contributed by atoms with Gasteiger partial charge in [-0.25, -0.2) is 13.2 Å². The zero-order valence-electron chi connectivity index (χ0n) is 26.6. The van der Waals surface area contributed by atoms with Crippen molar-refractivity contribution in [3.8, 4) is 0 Å². The fraction of sp³-hybridized carbons (Fsp3) is 0.903. The lowest BCUT2D eigenvalue weighted by molar-refractivity contribution is -0.142. The molecule has 1 aliphatic heterocycles. The van der Waals surface area contributed by atoms with Crippen LogP contribution in [0.5, 0.6) is 0 Å². The smallest absolute Gasteiger partial charge is 0.322 e. The summed E-state index contributed by atoms with van der Waals surface area (Å²) in [6, 6.07) is -2.01. The highest BCUT2D eigenvalue weighted by molar-refractivity contribution is 7.89. The molecule has 3 rings (SSSR count). The monoisotopic (exact) mass is 628 g/mol. The van der Waals surface area contributed by atoms with Crippen LogP contribution in [0.25, 0.3) is 0 Å². The van der Waals surface area contributed by atoms with Gasteiger partial charge in [0.1, 0.15) is 12.1 Å². The van der Waals surface area contributed by atoms with Crippen LogP contribution in [0.4, 0.5) is 4.79 Å². The Bertz CT molecular complexity index is 988. The van der Waals surface area contributed by atoms with Crippen molar-refractivity contribution in [2.45, 2.75) is 122 Å². The van der Waals surface area contributed by atoms with Crippen LogP contribution in [0, 0.1) is 17.8 Å². The summed E-state index contributed by atoms with van der Waals surface area (Å²) in [4.78, 5) is 40.2. The predicted octanol–water partition coefficient (Wildman–Crippen LogP) is 3.97. The van der Waals surface area contributed by atoms with E-state index in [-0.39, 0.29) is 30.8 Å². The predicted molar refractivity (Wildman–Crippen MR) is 166 cm³/mol. The highest BCUT2D eigenvalue weighted by Crippen LogP contribution is 2.32. The van der Waals surface area contributed by atoms with Crippen molar-refractivity contribution in [3.05, 3.63) is 0 Å². The third kappa shape index (κ3) is 11.2. The minimum Gasteiger partial charge on any atom is -0.480 e. The van der Waals surface area contributed by atoms with Gasteiger partial charge in [-0.3, -0.25) is 9.59 Å². The summed E-state index contributed by atoms with van der Waals surface area (Å²) in [5.41, 5.74) is 0. The number of hydrogen-bond acceptors (Lipinski definition) is 6. The number of ether oxygens (including phenoxy) is 1. The lowest BCUT2D eigenvalue weighted by Crippen LogP contribution is -2.54. The number of amides is 3. The number of rotatable bonds is 15. The molecule has 3 aliphatic rings. The lowest BCUT2D eigenvalue weighted by Gasteiger charge is -2.35. The molecule has 0 aromatic heterocycles. The Hall–Kier alpha value is -1.92. The van der Waals surface area contributed by atoms with Crippen LogP contribution in [0.2, 0.25) is 0 Å². The molecule has 2 aliphatic carbocycles. The molecule has 248 valence electrons. The third-order valence-corrected chi connectivity index (χ3v) is 11.7. The first-order valence-electron chi connectivity index (χ1n) is 16.6. The fourth-order valence-electron chi connectivity index (χ4n) is 6.67. The molecular formula is C31H56N4O7S. The van der Waals surface area contributed by atoms with E-state index < -0.39 is 33.3 Å². The second kappa shape index (κ2) is 17.5. The van der Waals surface area contributed by atoms with Gasteiger partial charge in [0.25, 0.3) is 0 Å². The minimum atomic E-state index is -3.76. The summed E-state index contributed by atoms with van der Waals surface area (Å²) in [7, 11) is -3.76. The first-order chi connectivity index (χ1) is 20.5. The van der Waals surface area contributed by atoms with Crippen LogP contribution >= 0.6 is 0 Å². The molecule has 3 fully saturated rings. The van der Waals surface area contributed by atoms with E-state index in [1.54, 1.807) is 4.90 Å². The topological polar surface area (TPSA) is 145 Å². The van der Waals surface area contributed by atoms with Crippen LogP contribution in [0.1, 0.15) is 104 Å². The zero-order valence-corrected chi connectivity index (χ0v) is 27.4. The maximum Gasteiger partial charge on any atom is 0.322 e. The Balaban J connectivity index is 1.55. The van der Waals surface area contributed by atoms with E-state index in [0.29, 0.717) is 76.8 Å². The first-order valence-corrected chi connectivity index (χ1v) is 18.1. The van der Waals surface area contributed by atoms with Gasteiger partial charge >= 0.3 is 12.0 Å². The number of unbranched alkanes of at least 4 members (excludes halogenated alkanes) is 1. The molecule has 3 N–H and O–H groups in total. The van der Waals surface area contributed by atoms with Crippen LogP contribution in [0.3, 0.4) is 0 Å². The van der Waals surface area contributed by atoms with Crippen molar-refractivity contribution >= 4 is 27.9 Å². The second-order valence-electron chi connectivity index (χ2n) is 13.4. The van der Waals surface area contributed by atoms with Gasteiger partial charge < -0.3 is 25.4 Å².